The predicted molar refractivity (Wildman–Crippen MR) is 233 cm³/mol. The van der Waals surface area contributed by atoms with Crippen LogP contribution in [0.2, 0.25) is 0 Å². The van der Waals surface area contributed by atoms with Crippen LogP contribution in [0, 0.1) is 20.8 Å². The van der Waals surface area contributed by atoms with Crippen molar-refractivity contribution in [1.82, 2.24) is 14.1 Å². The average molecular weight is 714 g/mol. The molecule has 2 heterocycles. The number of imidazole rings is 1. The Bertz CT molecular complexity index is 2480. The minimum absolute atomic E-state index is 0.0531. The number of fused-ring (bicyclic) bond motifs is 3. The van der Waals surface area contributed by atoms with Gasteiger partial charge in [0, 0.05) is 39.3 Å². The highest BCUT2D eigenvalue weighted by Gasteiger charge is 2.30. The highest BCUT2D eigenvalue weighted by molar-refractivity contribution is 6.11. The molecule has 7 aromatic rings. The van der Waals surface area contributed by atoms with Crippen LogP contribution in [0.15, 0.2) is 97.2 Å². The number of hydrogen-bond acceptors (Lipinski definition) is 1. The van der Waals surface area contributed by atoms with Crippen molar-refractivity contribution < 1.29 is 0 Å². The SMILES string of the molecule is CCC(C)(C)c1cnc(-c2ccc3c(c2)c2cc(C)c(C)cc2n3-c2cccc(C(C)(C)C)c2)n1-c1c(C(C)C)cc(-c2ccc(C)cc2)cc1C(C)C. The molecule has 54 heavy (non-hydrogen) atoms. The van der Waals surface area contributed by atoms with Gasteiger partial charge in [0.15, 0.2) is 0 Å². The van der Waals surface area contributed by atoms with Crippen molar-refractivity contribution in [1.29, 1.82) is 0 Å². The summed E-state index contributed by atoms with van der Waals surface area (Å²) in [6, 6.07) is 34.7. The second kappa shape index (κ2) is 13.8. The largest absolute Gasteiger partial charge is 0.309 e. The molecule has 0 fully saturated rings. The molecule has 0 aliphatic heterocycles. The Labute approximate surface area is 324 Å². The summed E-state index contributed by atoms with van der Waals surface area (Å²) in [4.78, 5) is 5.35. The van der Waals surface area contributed by atoms with Gasteiger partial charge in [-0.3, -0.25) is 4.57 Å². The quantitative estimate of drug-likeness (QED) is 0.154. The van der Waals surface area contributed by atoms with E-state index in [1.54, 1.807) is 0 Å². The molecule has 5 aromatic carbocycles. The fourth-order valence-electron chi connectivity index (χ4n) is 7.98. The fourth-order valence-corrected chi connectivity index (χ4v) is 7.98. The number of rotatable bonds is 8. The van der Waals surface area contributed by atoms with Crippen LogP contribution >= 0.6 is 0 Å². The van der Waals surface area contributed by atoms with Crippen LogP contribution in [0.1, 0.15) is 127 Å². The lowest BCUT2D eigenvalue weighted by atomic mass is 9.84. The van der Waals surface area contributed by atoms with Gasteiger partial charge in [-0.05, 0) is 138 Å². The second-order valence-corrected chi connectivity index (χ2v) is 18.0. The minimum Gasteiger partial charge on any atom is -0.309 e. The molecule has 0 bridgehead atoms. The van der Waals surface area contributed by atoms with Crippen molar-refractivity contribution >= 4 is 21.8 Å². The lowest BCUT2D eigenvalue weighted by Crippen LogP contribution is -2.22. The Balaban J connectivity index is 1.53. The predicted octanol–water partition coefficient (Wildman–Crippen LogP) is 14.5. The fraction of sp³-hybridized carbons (Fsp3) is 0.353. The summed E-state index contributed by atoms with van der Waals surface area (Å²) in [5, 5.41) is 2.53. The van der Waals surface area contributed by atoms with Crippen molar-refractivity contribution in [3.05, 3.63) is 136 Å². The van der Waals surface area contributed by atoms with Crippen LogP contribution in [0.4, 0.5) is 0 Å². The zero-order chi connectivity index (χ0) is 38.9. The van der Waals surface area contributed by atoms with Crippen LogP contribution in [0.25, 0.3) is 55.7 Å². The van der Waals surface area contributed by atoms with E-state index < -0.39 is 0 Å². The zero-order valence-electron chi connectivity index (χ0n) is 34.9. The number of benzene rings is 5. The second-order valence-electron chi connectivity index (χ2n) is 18.0. The van der Waals surface area contributed by atoms with Gasteiger partial charge in [0.05, 0.1) is 16.7 Å². The van der Waals surface area contributed by atoms with Crippen LogP contribution in [0.3, 0.4) is 0 Å². The van der Waals surface area contributed by atoms with E-state index in [2.05, 4.69) is 196 Å². The monoisotopic (exact) mass is 713 g/mol. The van der Waals surface area contributed by atoms with Crippen molar-refractivity contribution in [3.8, 4) is 33.9 Å². The summed E-state index contributed by atoms with van der Waals surface area (Å²) < 4.78 is 5.00. The first-order valence-electron chi connectivity index (χ1n) is 20.0. The van der Waals surface area contributed by atoms with Gasteiger partial charge in [-0.1, -0.05) is 111 Å². The molecule has 0 atom stereocenters. The third-order valence-corrected chi connectivity index (χ3v) is 12.0. The smallest absolute Gasteiger partial charge is 0.144 e. The van der Waals surface area contributed by atoms with Crippen molar-refractivity contribution in [3.63, 3.8) is 0 Å². The summed E-state index contributed by atoms with van der Waals surface area (Å²) in [6.07, 6.45) is 3.16. The molecule has 0 spiro atoms. The molecule has 0 unspecified atom stereocenters. The molecule has 0 aliphatic carbocycles. The van der Waals surface area contributed by atoms with Crippen LogP contribution < -0.4 is 0 Å². The van der Waals surface area contributed by atoms with Crippen molar-refractivity contribution in [2.45, 2.75) is 119 Å². The van der Waals surface area contributed by atoms with Gasteiger partial charge in [-0.15, -0.1) is 0 Å². The topological polar surface area (TPSA) is 22.8 Å². The van der Waals surface area contributed by atoms with Crippen LogP contribution in [-0.2, 0) is 10.8 Å². The zero-order valence-corrected chi connectivity index (χ0v) is 34.9. The molecule has 3 heteroatoms. The van der Waals surface area contributed by atoms with Crippen LogP contribution in [-0.4, -0.2) is 14.1 Å². The Hall–Kier alpha value is -4.89. The first kappa shape index (κ1) is 37.4. The van der Waals surface area contributed by atoms with E-state index in [1.165, 1.54) is 83.4 Å². The van der Waals surface area contributed by atoms with Gasteiger partial charge in [-0.25, -0.2) is 4.98 Å². The molecule has 3 nitrogen and oxygen atoms in total. The lowest BCUT2D eigenvalue weighted by Gasteiger charge is -2.30. The highest BCUT2D eigenvalue weighted by Crippen LogP contribution is 2.43. The first-order chi connectivity index (χ1) is 25.5. The maximum atomic E-state index is 5.35. The van der Waals surface area contributed by atoms with E-state index in [0.717, 1.165) is 17.8 Å². The van der Waals surface area contributed by atoms with Gasteiger partial charge < -0.3 is 4.57 Å². The number of nitrogens with zero attached hydrogens (tertiary/aromatic N) is 3. The normalized spacial score (nSPS) is 12.6. The van der Waals surface area contributed by atoms with Gasteiger partial charge in [0.2, 0.25) is 0 Å². The summed E-state index contributed by atoms with van der Waals surface area (Å²) in [6.45, 7) is 29.9. The molecular formula is C51H59N3. The van der Waals surface area contributed by atoms with Crippen molar-refractivity contribution in [2.75, 3.05) is 0 Å². The van der Waals surface area contributed by atoms with E-state index in [1.807, 2.05) is 0 Å². The Morgan fingerprint density at radius 3 is 1.83 bits per heavy atom. The molecule has 0 aliphatic rings. The van der Waals surface area contributed by atoms with Crippen LogP contribution in [0.5, 0.6) is 0 Å². The maximum Gasteiger partial charge on any atom is 0.144 e. The first-order valence-corrected chi connectivity index (χ1v) is 20.0. The number of hydrogen-bond donors (Lipinski definition) is 0. The van der Waals surface area contributed by atoms with E-state index in [9.17, 15) is 0 Å². The van der Waals surface area contributed by atoms with Gasteiger partial charge in [0.25, 0.3) is 0 Å². The molecule has 278 valence electrons. The van der Waals surface area contributed by atoms with E-state index in [4.69, 9.17) is 4.98 Å². The third-order valence-electron chi connectivity index (χ3n) is 12.0. The van der Waals surface area contributed by atoms with Gasteiger partial charge >= 0.3 is 0 Å². The third kappa shape index (κ3) is 6.50. The van der Waals surface area contributed by atoms with E-state index >= 15 is 0 Å². The van der Waals surface area contributed by atoms with Crippen molar-refractivity contribution in [2.24, 2.45) is 0 Å². The maximum absolute atomic E-state index is 5.35. The molecule has 7 rings (SSSR count). The summed E-state index contributed by atoms with van der Waals surface area (Å²) >= 11 is 0. The Morgan fingerprint density at radius 2 is 1.22 bits per heavy atom. The average Bonchev–Trinajstić information content (AvgIpc) is 3.71. The Morgan fingerprint density at radius 1 is 0.611 bits per heavy atom. The molecule has 0 N–H and O–H groups in total. The van der Waals surface area contributed by atoms with Gasteiger partial charge in [0.1, 0.15) is 5.82 Å². The van der Waals surface area contributed by atoms with E-state index in [-0.39, 0.29) is 10.8 Å². The summed E-state index contributed by atoms with van der Waals surface area (Å²) in [7, 11) is 0. The number of aryl methyl sites for hydroxylation is 3. The molecule has 2 aromatic heterocycles. The lowest BCUT2D eigenvalue weighted by molar-refractivity contribution is 0.481. The molecule has 0 saturated heterocycles. The molecule has 0 saturated carbocycles. The standard InChI is InChI=1S/C51H59N3/c1-14-51(12,13)47-30-52-49(54(47)48-41(31(2)3)27-38(28-42(48)32(4)5)36-20-18-33(6)19-21-36)37-22-23-45-44(26-37)43-24-34(7)35(8)25-46(43)53(45)40-17-15-16-39(29-40)50(9,10)11/h15-32H,14H2,1-13H3. The Kier molecular flexibility index (Phi) is 9.53. The summed E-state index contributed by atoms with van der Waals surface area (Å²) in [5.74, 6) is 1.62. The molecular weight excluding hydrogens is 655 g/mol. The molecule has 0 amide bonds. The molecule has 0 radical (unpaired) electrons. The highest BCUT2D eigenvalue weighted by atomic mass is 15.1. The summed E-state index contributed by atoms with van der Waals surface area (Å²) in [5.41, 5.74) is 17.7. The minimum atomic E-state index is -0.0871. The number of aromatic nitrogens is 3. The van der Waals surface area contributed by atoms with E-state index in [0.29, 0.717) is 11.8 Å². The van der Waals surface area contributed by atoms with Gasteiger partial charge in [-0.2, -0.15) is 0 Å².